The van der Waals surface area contributed by atoms with Gasteiger partial charge in [-0.05, 0) is 54.2 Å². The SMILES string of the molecule is O=C(CS(=O)(=O)C1CC1)c1ccc(CN2C(=O)[C@@]3(C[C@H]3c3ccc(F)cc3)c3ccccc32)cc1. The Morgan fingerprint density at radius 3 is 2.34 bits per heavy atom. The van der Waals surface area contributed by atoms with Gasteiger partial charge in [0.05, 0.1) is 17.2 Å². The fourth-order valence-electron chi connectivity index (χ4n) is 5.39. The Bertz CT molecular complexity index is 1450. The third-order valence-corrected chi connectivity index (χ3v) is 9.67. The summed E-state index contributed by atoms with van der Waals surface area (Å²) in [5.74, 6) is -1.11. The highest BCUT2D eigenvalue weighted by molar-refractivity contribution is 7.93. The average Bonchev–Trinajstić information content (AvgIpc) is 3.76. The van der Waals surface area contributed by atoms with Gasteiger partial charge in [0.2, 0.25) is 5.91 Å². The predicted octanol–water partition coefficient (Wildman–Crippen LogP) is 4.56. The zero-order valence-electron chi connectivity index (χ0n) is 19.0. The minimum Gasteiger partial charge on any atom is -0.307 e. The molecule has 3 aliphatic rings. The molecule has 5 nitrogen and oxygen atoms in total. The van der Waals surface area contributed by atoms with Gasteiger partial charge >= 0.3 is 0 Å². The molecule has 0 bridgehead atoms. The van der Waals surface area contributed by atoms with Crippen molar-refractivity contribution in [3.63, 3.8) is 0 Å². The van der Waals surface area contributed by atoms with Gasteiger partial charge in [-0.15, -0.1) is 0 Å². The van der Waals surface area contributed by atoms with Crippen LogP contribution in [0.15, 0.2) is 72.8 Å². The number of sulfone groups is 1. The molecule has 1 amide bonds. The van der Waals surface area contributed by atoms with Gasteiger partial charge in [0.1, 0.15) is 11.6 Å². The second-order valence-electron chi connectivity index (χ2n) is 9.81. The van der Waals surface area contributed by atoms with Crippen LogP contribution in [-0.4, -0.2) is 31.1 Å². The average molecular weight is 490 g/mol. The van der Waals surface area contributed by atoms with Gasteiger partial charge in [-0.25, -0.2) is 12.8 Å². The van der Waals surface area contributed by atoms with E-state index in [4.69, 9.17) is 0 Å². The van der Waals surface area contributed by atoms with Gasteiger partial charge in [0, 0.05) is 17.2 Å². The maximum Gasteiger partial charge on any atom is 0.238 e. The summed E-state index contributed by atoms with van der Waals surface area (Å²) in [6.45, 7) is 0.350. The van der Waals surface area contributed by atoms with E-state index in [-0.39, 0.29) is 22.9 Å². The Hall–Kier alpha value is -3.32. The van der Waals surface area contributed by atoms with Crippen molar-refractivity contribution in [1.82, 2.24) is 0 Å². The van der Waals surface area contributed by atoms with Crippen LogP contribution in [0.5, 0.6) is 0 Å². The molecule has 7 heteroatoms. The van der Waals surface area contributed by atoms with E-state index in [9.17, 15) is 22.4 Å². The smallest absolute Gasteiger partial charge is 0.238 e. The number of halogens is 1. The first kappa shape index (κ1) is 22.2. The first-order valence-electron chi connectivity index (χ1n) is 11.8. The Labute approximate surface area is 203 Å². The van der Waals surface area contributed by atoms with E-state index >= 15 is 0 Å². The lowest BCUT2D eigenvalue weighted by Gasteiger charge is -2.19. The highest BCUT2D eigenvalue weighted by Crippen LogP contribution is 2.66. The number of anilines is 1. The van der Waals surface area contributed by atoms with E-state index in [0.717, 1.165) is 22.4 Å². The number of rotatable bonds is 7. The summed E-state index contributed by atoms with van der Waals surface area (Å²) in [5.41, 5.74) is 3.42. The number of carbonyl (C=O) groups is 2. The molecule has 35 heavy (non-hydrogen) atoms. The molecule has 1 heterocycles. The molecule has 0 aromatic heterocycles. The molecule has 178 valence electrons. The van der Waals surface area contributed by atoms with Gasteiger partial charge < -0.3 is 4.90 Å². The number of ketones is 1. The number of benzene rings is 3. The highest BCUT2D eigenvalue weighted by Gasteiger charge is 2.67. The lowest BCUT2D eigenvalue weighted by molar-refractivity contribution is -0.120. The molecule has 3 aromatic rings. The van der Waals surface area contributed by atoms with Crippen molar-refractivity contribution in [2.24, 2.45) is 0 Å². The molecule has 2 saturated carbocycles. The summed E-state index contributed by atoms with van der Waals surface area (Å²) in [4.78, 5) is 28.0. The molecule has 2 aliphatic carbocycles. The third kappa shape index (κ3) is 3.69. The first-order chi connectivity index (χ1) is 16.8. The Morgan fingerprint density at radius 1 is 0.971 bits per heavy atom. The molecule has 6 rings (SSSR count). The zero-order valence-corrected chi connectivity index (χ0v) is 19.8. The zero-order chi connectivity index (χ0) is 24.4. The van der Waals surface area contributed by atoms with Crippen molar-refractivity contribution in [3.8, 4) is 0 Å². The molecular weight excluding hydrogens is 465 g/mol. The van der Waals surface area contributed by atoms with Crippen LogP contribution >= 0.6 is 0 Å². The minimum atomic E-state index is -3.36. The van der Waals surface area contributed by atoms with Crippen molar-refractivity contribution in [2.75, 3.05) is 10.7 Å². The number of nitrogens with zero attached hydrogens (tertiary/aromatic N) is 1. The number of carbonyl (C=O) groups excluding carboxylic acids is 2. The summed E-state index contributed by atoms with van der Waals surface area (Å²) in [5, 5.41) is -0.361. The third-order valence-electron chi connectivity index (χ3n) is 7.52. The highest BCUT2D eigenvalue weighted by atomic mass is 32.2. The van der Waals surface area contributed by atoms with Crippen LogP contribution in [0.2, 0.25) is 0 Å². The quantitative estimate of drug-likeness (QED) is 0.456. The van der Waals surface area contributed by atoms with Crippen LogP contribution in [0.4, 0.5) is 10.1 Å². The van der Waals surface area contributed by atoms with Crippen molar-refractivity contribution in [2.45, 2.75) is 42.4 Å². The summed E-state index contributed by atoms with van der Waals surface area (Å²) in [6.07, 6.45) is 1.97. The standard InChI is InChI=1S/C28H24FNO4S/c29-21-11-9-19(10-12-21)24-15-28(24)23-3-1-2-4-25(23)30(27(28)32)16-18-5-7-20(8-6-18)26(31)17-35(33,34)22-13-14-22/h1-12,22,24H,13-17H2/t24-,28-/m0/s1. The summed E-state index contributed by atoms with van der Waals surface area (Å²) < 4.78 is 37.7. The predicted molar refractivity (Wildman–Crippen MR) is 131 cm³/mol. The maximum atomic E-state index is 13.7. The largest absolute Gasteiger partial charge is 0.307 e. The molecule has 3 aromatic carbocycles. The lowest BCUT2D eigenvalue weighted by Crippen LogP contribution is -2.32. The lowest BCUT2D eigenvalue weighted by atomic mass is 9.92. The summed E-state index contributed by atoms with van der Waals surface area (Å²) >= 11 is 0. The fourth-order valence-corrected chi connectivity index (χ4v) is 7.02. The van der Waals surface area contributed by atoms with Crippen LogP contribution in [0.1, 0.15) is 52.2 Å². The topological polar surface area (TPSA) is 71.5 Å². The Morgan fingerprint density at radius 2 is 1.66 bits per heavy atom. The molecular formula is C28H24FNO4S. The van der Waals surface area contributed by atoms with Gasteiger partial charge in [-0.3, -0.25) is 9.59 Å². The van der Waals surface area contributed by atoms with E-state index < -0.39 is 26.8 Å². The second kappa shape index (κ2) is 7.85. The number of Topliss-reactive ketones (excluding diaryl/α,β-unsaturated/α-hetero) is 1. The first-order valence-corrected chi connectivity index (χ1v) is 13.5. The van der Waals surface area contributed by atoms with Crippen molar-refractivity contribution >= 4 is 27.2 Å². The Kier molecular flexibility index (Phi) is 4.97. The van der Waals surface area contributed by atoms with E-state index in [1.54, 1.807) is 41.3 Å². The molecule has 2 atom stereocenters. The van der Waals surface area contributed by atoms with Crippen LogP contribution in [0, 0.1) is 5.82 Å². The van der Waals surface area contributed by atoms with E-state index in [0.29, 0.717) is 31.4 Å². The fraction of sp³-hybridized carbons (Fsp3) is 0.286. The molecule has 1 aliphatic heterocycles. The van der Waals surface area contributed by atoms with Crippen molar-refractivity contribution in [1.29, 1.82) is 0 Å². The Balaban J connectivity index is 1.23. The normalized spacial score (nSPS) is 22.9. The molecule has 0 N–H and O–H groups in total. The maximum absolute atomic E-state index is 13.7. The number of fused-ring (bicyclic) bond motifs is 2. The van der Waals surface area contributed by atoms with E-state index in [1.165, 1.54) is 12.1 Å². The molecule has 0 radical (unpaired) electrons. The molecule has 1 spiro atoms. The number of amides is 1. The molecule has 2 fully saturated rings. The van der Waals surface area contributed by atoms with Crippen LogP contribution in [0.25, 0.3) is 0 Å². The van der Waals surface area contributed by atoms with Crippen LogP contribution < -0.4 is 4.90 Å². The van der Waals surface area contributed by atoms with Crippen molar-refractivity contribution < 1.29 is 22.4 Å². The van der Waals surface area contributed by atoms with Crippen LogP contribution in [0.3, 0.4) is 0 Å². The van der Waals surface area contributed by atoms with Crippen LogP contribution in [-0.2, 0) is 26.6 Å². The minimum absolute atomic E-state index is 0.00941. The summed E-state index contributed by atoms with van der Waals surface area (Å²) in [7, 11) is -3.36. The number of para-hydroxylation sites is 1. The van der Waals surface area contributed by atoms with E-state index in [1.807, 2.05) is 24.3 Å². The molecule has 0 unspecified atom stereocenters. The van der Waals surface area contributed by atoms with E-state index in [2.05, 4.69) is 0 Å². The number of hydrogen-bond acceptors (Lipinski definition) is 4. The summed E-state index contributed by atoms with van der Waals surface area (Å²) in [6, 6.07) is 21.0. The second-order valence-corrected chi connectivity index (χ2v) is 12.1. The van der Waals surface area contributed by atoms with Gasteiger partial charge in [-0.1, -0.05) is 54.6 Å². The van der Waals surface area contributed by atoms with Gasteiger partial charge in [0.25, 0.3) is 0 Å². The van der Waals surface area contributed by atoms with Gasteiger partial charge in [0.15, 0.2) is 15.6 Å². The van der Waals surface area contributed by atoms with Crippen molar-refractivity contribution in [3.05, 3.63) is 101 Å². The monoisotopic (exact) mass is 489 g/mol. The number of hydrogen-bond donors (Lipinski definition) is 0. The van der Waals surface area contributed by atoms with Gasteiger partial charge in [-0.2, -0.15) is 0 Å². The molecule has 0 saturated heterocycles.